The number of likely N-dealkylation sites (tertiary alicyclic amines) is 1. The highest BCUT2D eigenvalue weighted by molar-refractivity contribution is 6.05. The summed E-state index contributed by atoms with van der Waals surface area (Å²) in [7, 11) is 0. The van der Waals surface area contributed by atoms with Crippen LogP contribution in [0.1, 0.15) is 57.6 Å². The van der Waals surface area contributed by atoms with Crippen LogP contribution in [0.2, 0.25) is 0 Å². The van der Waals surface area contributed by atoms with Crippen molar-refractivity contribution in [1.29, 1.82) is 0 Å². The molecule has 3 rings (SSSR count). The van der Waals surface area contributed by atoms with Gasteiger partial charge in [0.2, 0.25) is 11.8 Å². The Kier molecular flexibility index (Phi) is 6.84. The first-order valence-electron chi connectivity index (χ1n) is 10.8. The lowest BCUT2D eigenvalue weighted by Crippen LogP contribution is -2.41. The topological polar surface area (TPSA) is 95.9 Å². The van der Waals surface area contributed by atoms with Gasteiger partial charge >= 0.3 is 6.09 Å². The number of fused-ring (bicyclic) bond motifs is 1. The molecule has 3 atom stereocenters. The van der Waals surface area contributed by atoms with Gasteiger partial charge in [-0.25, -0.2) is 4.79 Å². The second-order valence-electron chi connectivity index (χ2n) is 9.11. The van der Waals surface area contributed by atoms with E-state index in [4.69, 9.17) is 4.74 Å². The van der Waals surface area contributed by atoms with Gasteiger partial charge in [-0.1, -0.05) is 30.4 Å². The Bertz CT molecular complexity index is 878. The summed E-state index contributed by atoms with van der Waals surface area (Å²) in [5.74, 6) is -1.09. The molecule has 7 heteroatoms. The van der Waals surface area contributed by atoms with E-state index in [0.717, 1.165) is 16.7 Å². The first kappa shape index (κ1) is 23.0. The molecular formula is C24H32N2O5. The van der Waals surface area contributed by atoms with Gasteiger partial charge in [0, 0.05) is 6.54 Å². The molecule has 1 saturated carbocycles. The SMILES string of the molecule is C=C(C)c1cccc(C(C)(C)NC(=O)OCCCN2C(=O)C3CCC(O)CC3C2=O)c1. The minimum Gasteiger partial charge on any atom is -0.449 e. The molecular weight excluding hydrogens is 396 g/mol. The zero-order chi connectivity index (χ0) is 22.8. The van der Waals surface area contributed by atoms with Gasteiger partial charge in [-0.3, -0.25) is 14.5 Å². The van der Waals surface area contributed by atoms with Crippen molar-refractivity contribution in [3.05, 3.63) is 42.0 Å². The highest BCUT2D eigenvalue weighted by atomic mass is 16.5. The van der Waals surface area contributed by atoms with Crippen LogP contribution in [-0.2, 0) is 19.9 Å². The quantitative estimate of drug-likeness (QED) is 0.514. The van der Waals surface area contributed by atoms with E-state index in [1.54, 1.807) is 0 Å². The van der Waals surface area contributed by atoms with Crippen molar-refractivity contribution in [2.24, 2.45) is 11.8 Å². The number of rotatable bonds is 7. The fourth-order valence-corrected chi connectivity index (χ4v) is 4.37. The molecule has 0 aromatic heterocycles. The molecule has 0 spiro atoms. The molecule has 1 saturated heterocycles. The van der Waals surface area contributed by atoms with Crippen molar-refractivity contribution < 1.29 is 24.2 Å². The molecule has 2 fully saturated rings. The Morgan fingerprint density at radius 3 is 2.68 bits per heavy atom. The highest BCUT2D eigenvalue weighted by Crippen LogP contribution is 2.38. The largest absolute Gasteiger partial charge is 0.449 e. The van der Waals surface area contributed by atoms with Crippen molar-refractivity contribution >= 4 is 23.5 Å². The number of carbonyl (C=O) groups is 3. The average molecular weight is 429 g/mol. The molecule has 2 aliphatic rings. The van der Waals surface area contributed by atoms with Crippen LogP contribution in [-0.4, -0.2) is 47.2 Å². The molecule has 3 amide bonds. The van der Waals surface area contributed by atoms with Gasteiger partial charge in [0.1, 0.15) is 0 Å². The molecule has 0 bridgehead atoms. The molecule has 1 heterocycles. The summed E-state index contributed by atoms with van der Waals surface area (Å²) in [4.78, 5) is 38.6. The lowest BCUT2D eigenvalue weighted by Gasteiger charge is -2.27. The summed E-state index contributed by atoms with van der Waals surface area (Å²) in [5.41, 5.74) is 2.25. The summed E-state index contributed by atoms with van der Waals surface area (Å²) in [6.45, 7) is 9.99. The van der Waals surface area contributed by atoms with Gasteiger partial charge in [0.05, 0.1) is 30.1 Å². The Morgan fingerprint density at radius 2 is 1.97 bits per heavy atom. The van der Waals surface area contributed by atoms with Crippen LogP contribution in [0, 0.1) is 11.8 Å². The minimum atomic E-state index is -0.639. The lowest BCUT2D eigenvalue weighted by atomic mass is 9.80. The van der Waals surface area contributed by atoms with Crippen molar-refractivity contribution in [1.82, 2.24) is 10.2 Å². The summed E-state index contributed by atoms with van der Waals surface area (Å²) >= 11 is 0. The number of carbonyl (C=O) groups excluding carboxylic acids is 3. The summed E-state index contributed by atoms with van der Waals surface area (Å²) in [6, 6.07) is 7.82. The van der Waals surface area contributed by atoms with Crippen LogP contribution < -0.4 is 5.32 Å². The fourth-order valence-electron chi connectivity index (χ4n) is 4.37. The predicted molar refractivity (Wildman–Crippen MR) is 117 cm³/mol. The highest BCUT2D eigenvalue weighted by Gasteiger charge is 2.49. The van der Waals surface area contributed by atoms with Gasteiger partial charge in [-0.15, -0.1) is 0 Å². The maximum atomic E-state index is 12.5. The van der Waals surface area contributed by atoms with E-state index in [9.17, 15) is 19.5 Å². The van der Waals surface area contributed by atoms with E-state index < -0.39 is 23.7 Å². The predicted octanol–water partition coefficient (Wildman–Crippen LogP) is 3.22. The summed E-state index contributed by atoms with van der Waals surface area (Å²) in [6.07, 6.45) is 0.770. The zero-order valence-electron chi connectivity index (χ0n) is 18.5. The van der Waals surface area contributed by atoms with Crippen molar-refractivity contribution in [3.63, 3.8) is 0 Å². The number of aliphatic hydroxyl groups excluding tert-OH is 1. The van der Waals surface area contributed by atoms with E-state index in [2.05, 4.69) is 11.9 Å². The van der Waals surface area contributed by atoms with Crippen LogP contribution in [0.15, 0.2) is 30.8 Å². The summed E-state index contributed by atoms with van der Waals surface area (Å²) in [5, 5.41) is 12.7. The van der Waals surface area contributed by atoms with E-state index in [1.807, 2.05) is 45.0 Å². The standard InChI is InChI=1S/C24H32N2O5/c1-15(2)16-7-5-8-17(13-16)24(3,4)25-23(30)31-12-6-11-26-21(28)19-10-9-18(27)14-20(19)22(26)29/h5,7-8,13,18-20,27H,1,6,9-12,14H2,2-4H3,(H,25,30). The van der Waals surface area contributed by atoms with Crippen molar-refractivity contribution in [2.45, 2.75) is 58.1 Å². The van der Waals surface area contributed by atoms with Gasteiger partial charge in [-0.2, -0.15) is 0 Å². The zero-order valence-corrected chi connectivity index (χ0v) is 18.5. The summed E-state index contributed by atoms with van der Waals surface area (Å²) < 4.78 is 5.29. The number of ether oxygens (including phenoxy) is 1. The molecule has 7 nitrogen and oxygen atoms in total. The monoisotopic (exact) mass is 428 g/mol. The molecule has 1 aromatic rings. The maximum Gasteiger partial charge on any atom is 0.407 e. The van der Waals surface area contributed by atoms with Gasteiger partial charge in [-0.05, 0) is 63.6 Å². The number of allylic oxidation sites excluding steroid dienone is 1. The second-order valence-corrected chi connectivity index (χ2v) is 9.11. The Morgan fingerprint density at radius 1 is 1.26 bits per heavy atom. The third-order valence-corrected chi connectivity index (χ3v) is 6.24. The fraction of sp³-hybridized carbons (Fsp3) is 0.542. The average Bonchev–Trinajstić information content (AvgIpc) is 2.94. The van der Waals surface area contributed by atoms with Gasteiger partial charge < -0.3 is 15.2 Å². The molecule has 31 heavy (non-hydrogen) atoms. The number of amides is 3. The third-order valence-electron chi connectivity index (χ3n) is 6.24. The molecule has 168 valence electrons. The Hall–Kier alpha value is -2.67. The number of hydrogen-bond donors (Lipinski definition) is 2. The maximum absolute atomic E-state index is 12.5. The van der Waals surface area contributed by atoms with Crippen LogP contribution in [0.5, 0.6) is 0 Å². The van der Waals surface area contributed by atoms with Crippen LogP contribution in [0.25, 0.3) is 5.57 Å². The molecule has 3 unspecified atom stereocenters. The first-order valence-corrected chi connectivity index (χ1v) is 10.8. The normalized spacial score (nSPS) is 23.5. The third kappa shape index (κ3) is 5.15. The number of nitrogens with one attached hydrogen (secondary N) is 1. The van der Waals surface area contributed by atoms with Crippen molar-refractivity contribution in [3.8, 4) is 0 Å². The van der Waals surface area contributed by atoms with Crippen molar-refractivity contribution in [2.75, 3.05) is 13.2 Å². The number of benzene rings is 1. The molecule has 1 aliphatic heterocycles. The Labute approximate surface area is 183 Å². The van der Waals surface area contributed by atoms with E-state index in [0.29, 0.717) is 25.7 Å². The smallest absolute Gasteiger partial charge is 0.407 e. The van der Waals surface area contributed by atoms with Crippen LogP contribution >= 0.6 is 0 Å². The molecule has 2 N–H and O–H groups in total. The van der Waals surface area contributed by atoms with Gasteiger partial charge in [0.25, 0.3) is 0 Å². The van der Waals surface area contributed by atoms with E-state index in [1.165, 1.54) is 4.90 Å². The Balaban J connectivity index is 1.47. The van der Waals surface area contributed by atoms with E-state index in [-0.39, 0.29) is 30.9 Å². The number of hydrogen-bond acceptors (Lipinski definition) is 5. The molecule has 1 aliphatic carbocycles. The number of nitrogens with zero attached hydrogens (tertiary/aromatic N) is 1. The molecule has 1 aromatic carbocycles. The van der Waals surface area contributed by atoms with Gasteiger partial charge in [0.15, 0.2) is 0 Å². The first-order chi connectivity index (χ1) is 14.6. The van der Waals surface area contributed by atoms with Crippen LogP contribution in [0.4, 0.5) is 4.79 Å². The van der Waals surface area contributed by atoms with E-state index >= 15 is 0 Å². The second kappa shape index (κ2) is 9.22. The number of imide groups is 1. The molecule has 0 radical (unpaired) electrons. The van der Waals surface area contributed by atoms with Crippen LogP contribution in [0.3, 0.4) is 0 Å². The number of aliphatic hydroxyl groups is 1. The minimum absolute atomic E-state index is 0.0999. The lowest BCUT2D eigenvalue weighted by molar-refractivity contribution is -0.140. The number of alkyl carbamates (subject to hydrolysis) is 1.